The van der Waals surface area contributed by atoms with Gasteiger partial charge >= 0.3 is 0 Å². The summed E-state index contributed by atoms with van der Waals surface area (Å²) in [6.45, 7) is 13.6. The molecular weight excluding hydrogens is 320 g/mol. The summed E-state index contributed by atoms with van der Waals surface area (Å²) in [5, 5.41) is 10.7. The fourth-order valence-corrected chi connectivity index (χ4v) is 2.69. The van der Waals surface area contributed by atoms with Gasteiger partial charge in [0.1, 0.15) is 0 Å². The number of rotatable bonds is 7. The topological polar surface area (TPSA) is 87.8 Å². The van der Waals surface area contributed by atoms with Crippen molar-refractivity contribution in [1.82, 2.24) is 25.7 Å². The van der Waals surface area contributed by atoms with E-state index in [-0.39, 0.29) is 11.5 Å². The molecule has 2 rings (SSSR count). The number of morpholine rings is 1. The summed E-state index contributed by atoms with van der Waals surface area (Å²) in [5.41, 5.74) is 0.0417. The van der Waals surface area contributed by atoms with Crippen LogP contribution in [0.15, 0.2) is 9.52 Å². The average molecular weight is 352 g/mol. The normalized spacial score (nSPS) is 17.1. The lowest BCUT2D eigenvalue weighted by atomic mass is 10.0. The Balaban J connectivity index is 1.74. The number of aliphatic imine (C=N–C) groups is 1. The summed E-state index contributed by atoms with van der Waals surface area (Å²) in [5.74, 6) is 2.47. The van der Waals surface area contributed by atoms with Crippen LogP contribution in [-0.4, -0.2) is 73.0 Å². The Hall–Kier alpha value is -1.67. The van der Waals surface area contributed by atoms with Gasteiger partial charge in [-0.25, -0.2) is 0 Å². The van der Waals surface area contributed by atoms with Gasteiger partial charge in [-0.05, 0) is 13.8 Å². The van der Waals surface area contributed by atoms with E-state index in [4.69, 9.17) is 9.26 Å². The van der Waals surface area contributed by atoms with E-state index in [9.17, 15) is 0 Å². The minimum Gasteiger partial charge on any atom is -0.379 e. The van der Waals surface area contributed by atoms with Gasteiger partial charge < -0.3 is 19.9 Å². The molecule has 0 amide bonds. The maximum Gasteiger partial charge on any atom is 0.228 e. The monoisotopic (exact) mass is 352 g/mol. The molecule has 8 heteroatoms. The SMILES string of the molecule is CN=C(NCCc1nc(C(C)C)no1)NCC(C)(C)N1CCOCC1. The van der Waals surface area contributed by atoms with Gasteiger partial charge in [0, 0.05) is 51.1 Å². The van der Waals surface area contributed by atoms with Gasteiger partial charge in [-0.2, -0.15) is 4.98 Å². The van der Waals surface area contributed by atoms with Crippen LogP contribution >= 0.6 is 0 Å². The lowest BCUT2D eigenvalue weighted by Crippen LogP contribution is -2.56. The van der Waals surface area contributed by atoms with E-state index in [1.54, 1.807) is 7.05 Å². The van der Waals surface area contributed by atoms with Crippen LogP contribution in [0.5, 0.6) is 0 Å². The van der Waals surface area contributed by atoms with Gasteiger partial charge in [0.15, 0.2) is 11.8 Å². The Morgan fingerprint density at radius 1 is 1.28 bits per heavy atom. The first-order valence-electron chi connectivity index (χ1n) is 9.02. The van der Waals surface area contributed by atoms with Gasteiger partial charge in [-0.15, -0.1) is 0 Å². The van der Waals surface area contributed by atoms with Crippen LogP contribution in [0, 0.1) is 0 Å². The van der Waals surface area contributed by atoms with Crippen molar-refractivity contribution in [3.8, 4) is 0 Å². The van der Waals surface area contributed by atoms with E-state index in [0.29, 0.717) is 18.9 Å². The average Bonchev–Trinajstić information content (AvgIpc) is 3.08. The standard InChI is InChI=1S/C17H32N6O2/c1-13(2)15-21-14(25-22-15)6-7-19-16(18-5)20-12-17(3,4)23-8-10-24-11-9-23/h13H,6-12H2,1-5H3,(H2,18,19,20). The minimum absolute atomic E-state index is 0.0417. The fraction of sp³-hybridized carbons (Fsp3) is 0.824. The molecule has 1 aromatic heterocycles. The van der Waals surface area contributed by atoms with Crippen molar-refractivity contribution in [3.63, 3.8) is 0 Å². The highest BCUT2D eigenvalue weighted by atomic mass is 16.5. The number of guanidine groups is 1. The Bertz CT molecular complexity index is 549. The van der Waals surface area contributed by atoms with E-state index in [0.717, 1.165) is 44.6 Å². The van der Waals surface area contributed by atoms with E-state index < -0.39 is 0 Å². The lowest BCUT2D eigenvalue weighted by molar-refractivity contribution is -0.00833. The van der Waals surface area contributed by atoms with E-state index in [2.05, 4.69) is 58.4 Å². The predicted octanol–water partition coefficient (Wildman–Crippen LogP) is 1.01. The van der Waals surface area contributed by atoms with Crippen LogP contribution in [-0.2, 0) is 11.2 Å². The molecule has 0 aliphatic carbocycles. The third kappa shape index (κ3) is 5.97. The number of nitrogens with one attached hydrogen (secondary N) is 2. The summed E-state index contributed by atoms with van der Waals surface area (Å²) in [4.78, 5) is 11.1. The molecule has 2 heterocycles. The highest BCUT2D eigenvalue weighted by Gasteiger charge is 2.28. The highest BCUT2D eigenvalue weighted by Crippen LogP contribution is 2.15. The number of hydrogen-bond donors (Lipinski definition) is 2. The van der Waals surface area contributed by atoms with Gasteiger partial charge in [-0.3, -0.25) is 9.89 Å². The number of nitrogens with zero attached hydrogens (tertiary/aromatic N) is 4. The predicted molar refractivity (Wildman–Crippen MR) is 97.9 cm³/mol. The zero-order valence-electron chi connectivity index (χ0n) is 16.1. The molecule has 1 fully saturated rings. The van der Waals surface area contributed by atoms with Crippen LogP contribution < -0.4 is 10.6 Å². The molecule has 0 saturated carbocycles. The third-order valence-corrected chi connectivity index (χ3v) is 4.41. The van der Waals surface area contributed by atoms with Crippen LogP contribution in [0.3, 0.4) is 0 Å². The maximum absolute atomic E-state index is 5.44. The minimum atomic E-state index is 0.0417. The Morgan fingerprint density at radius 2 is 2.00 bits per heavy atom. The molecule has 8 nitrogen and oxygen atoms in total. The van der Waals surface area contributed by atoms with Crippen LogP contribution in [0.1, 0.15) is 45.3 Å². The second-order valence-electron chi connectivity index (χ2n) is 7.22. The molecular formula is C17H32N6O2. The summed E-state index contributed by atoms with van der Waals surface area (Å²) in [6, 6.07) is 0. The van der Waals surface area contributed by atoms with Crippen molar-refractivity contribution >= 4 is 5.96 Å². The molecule has 0 atom stereocenters. The first-order valence-corrected chi connectivity index (χ1v) is 9.02. The summed E-state index contributed by atoms with van der Waals surface area (Å²) < 4.78 is 10.7. The molecule has 0 bridgehead atoms. The van der Waals surface area contributed by atoms with Crippen LogP contribution in [0.25, 0.3) is 0 Å². The largest absolute Gasteiger partial charge is 0.379 e. The van der Waals surface area contributed by atoms with Crippen molar-refractivity contribution < 1.29 is 9.26 Å². The molecule has 0 unspecified atom stereocenters. The lowest BCUT2D eigenvalue weighted by Gasteiger charge is -2.41. The van der Waals surface area contributed by atoms with Crippen LogP contribution in [0.2, 0.25) is 0 Å². The Labute approximate surface area is 150 Å². The second-order valence-corrected chi connectivity index (χ2v) is 7.22. The fourth-order valence-electron chi connectivity index (χ4n) is 2.69. The van der Waals surface area contributed by atoms with Crippen molar-refractivity contribution in [2.24, 2.45) is 4.99 Å². The van der Waals surface area contributed by atoms with Crippen molar-refractivity contribution in [3.05, 3.63) is 11.7 Å². The second kappa shape index (κ2) is 9.15. The molecule has 0 aromatic carbocycles. The van der Waals surface area contributed by atoms with E-state index in [1.807, 2.05) is 0 Å². The molecule has 0 spiro atoms. The van der Waals surface area contributed by atoms with E-state index in [1.165, 1.54) is 0 Å². The van der Waals surface area contributed by atoms with Crippen LogP contribution in [0.4, 0.5) is 0 Å². The highest BCUT2D eigenvalue weighted by molar-refractivity contribution is 5.79. The van der Waals surface area contributed by atoms with Crippen molar-refractivity contribution in [2.45, 2.75) is 45.6 Å². The summed E-state index contributed by atoms with van der Waals surface area (Å²) in [6.07, 6.45) is 0.674. The van der Waals surface area contributed by atoms with Crippen molar-refractivity contribution in [2.75, 3.05) is 46.4 Å². The Kier molecular flexibility index (Phi) is 7.19. The van der Waals surface area contributed by atoms with Gasteiger partial charge in [0.2, 0.25) is 5.89 Å². The Morgan fingerprint density at radius 3 is 2.60 bits per heavy atom. The molecule has 1 aromatic rings. The first kappa shape index (κ1) is 19.7. The maximum atomic E-state index is 5.44. The number of aromatic nitrogens is 2. The smallest absolute Gasteiger partial charge is 0.228 e. The number of hydrogen-bond acceptors (Lipinski definition) is 6. The third-order valence-electron chi connectivity index (χ3n) is 4.41. The van der Waals surface area contributed by atoms with Gasteiger partial charge in [0.25, 0.3) is 0 Å². The molecule has 0 radical (unpaired) electrons. The first-order chi connectivity index (χ1) is 11.9. The van der Waals surface area contributed by atoms with Gasteiger partial charge in [-0.1, -0.05) is 19.0 Å². The van der Waals surface area contributed by atoms with Crippen molar-refractivity contribution in [1.29, 1.82) is 0 Å². The summed E-state index contributed by atoms with van der Waals surface area (Å²) >= 11 is 0. The zero-order valence-corrected chi connectivity index (χ0v) is 16.1. The molecule has 142 valence electrons. The molecule has 1 aliphatic rings. The molecule has 2 N–H and O–H groups in total. The molecule has 1 aliphatic heterocycles. The molecule has 25 heavy (non-hydrogen) atoms. The van der Waals surface area contributed by atoms with E-state index >= 15 is 0 Å². The number of ether oxygens (including phenoxy) is 1. The van der Waals surface area contributed by atoms with Gasteiger partial charge in [0.05, 0.1) is 13.2 Å². The molecule has 1 saturated heterocycles. The zero-order chi connectivity index (χ0) is 18.3. The summed E-state index contributed by atoms with van der Waals surface area (Å²) in [7, 11) is 1.78. The quantitative estimate of drug-likeness (QED) is 0.559.